The van der Waals surface area contributed by atoms with E-state index >= 15 is 0 Å². The average molecular weight is 571 g/mol. The van der Waals surface area contributed by atoms with Crippen molar-refractivity contribution >= 4 is 35.5 Å². The van der Waals surface area contributed by atoms with Crippen molar-refractivity contribution < 1.29 is 39.0 Å². The second-order valence-electron chi connectivity index (χ2n) is 9.36. The molecule has 0 saturated carbocycles. The van der Waals surface area contributed by atoms with Gasteiger partial charge in [0.05, 0.1) is 12.5 Å². The zero-order valence-electron chi connectivity index (χ0n) is 22.1. The molecule has 5 amide bonds. The molecule has 0 aliphatic rings. The molecule has 0 aliphatic carbocycles. The van der Waals surface area contributed by atoms with Gasteiger partial charge in [-0.1, -0.05) is 42.5 Å². The summed E-state index contributed by atoms with van der Waals surface area (Å²) in [6.45, 7) is 0. The van der Waals surface area contributed by atoms with Crippen molar-refractivity contribution in [3.8, 4) is 5.75 Å². The van der Waals surface area contributed by atoms with E-state index in [1.165, 1.54) is 24.3 Å². The minimum Gasteiger partial charge on any atom is -0.508 e. The summed E-state index contributed by atoms with van der Waals surface area (Å²) in [6, 6.07) is 8.87. The number of benzene rings is 2. The highest BCUT2D eigenvalue weighted by molar-refractivity contribution is 5.95. The number of nitrogens with two attached hydrogens (primary N) is 3. The number of carboxylic acid groups (broad SMARTS) is 1. The molecule has 0 saturated heterocycles. The van der Waals surface area contributed by atoms with Gasteiger partial charge in [0.2, 0.25) is 29.5 Å². The molecule has 2 aromatic carbocycles. The predicted molar refractivity (Wildman–Crippen MR) is 146 cm³/mol. The van der Waals surface area contributed by atoms with Crippen molar-refractivity contribution in [2.75, 3.05) is 0 Å². The molecule has 4 unspecified atom stereocenters. The largest absolute Gasteiger partial charge is 0.508 e. The van der Waals surface area contributed by atoms with Crippen molar-refractivity contribution in [1.82, 2.24) is 16.0 Å². The van der Waals surface area contributed by atoms with Crippen LogP contribution in [-0.2, 0) is 41.6 Å². The molecule has 0 bridgehead atoms. The van der Waals surface area contributed by atoms with Gasteiger partial charge in [0.25, 0.3) is 0 Å². The van der Waals surface area contributed by atoms with Gasteiger partial charge in [-0.25, -0.2) is 4.79 Å². The predicted octanol–water partition coefficient (Wildman–Crippen LogP) is -1.82. The molecule has 2 aromatic rings. The third kappa shape index (κ3) is 11.3. The summed E-state index contributed by atoms with van der Waals surface area (Å²) in [7, 11) is 0. The Morgan fingerprint density at radius 1 is 0.683 bits per heavy atom. The second-order valence-corrected chi connectivity index (χ2v) is 9.36. The van der Waals surface area contributed by atoms with Crippen LogP contribution in [0.2, 0.25) is 0 Å². The molecule has 4 atom stereocenters. The van der Waals surface area contributed by atoms with Crippen molar-refractivity contribution in [1.29, 1.82) is 0 Å². The van der Waals surface area contributed by atoms with E-state index in [1.54, 1.807) is 30.3 Å². The standard InChI is InChI=1S/C27H34N6O8/c28-18(14-23(30)36)24(37)32-20(12-16-6-8-17(34)9-7-16)26(39)31-19(10-11-22(29)35)25(38)33-21(27(40)41)13-15-4-2-1-3-5-15/h1-9,18-21,34H,10-14,28H2,(H2,29,35)(H2,30,36)(H,31,39)(H,32,37)(H,33,38)(H,40,41). The summed E-state index contributed by atoms with van der Waals surface area (Å²) in [5.41, 5.74) is 17.2. The molecular formula is C27H34N6O8. The van der Waals surface area contributed by atoms with Gasteiger partial charge in [-0.05, 0) is 29.7 Å². The highest BCUT2D eigenvalue weighted by Gasteiger charge is 2.31. The molecule has 0 aliphatic heterocycles. The maximum atomic E-state index is 13.3. The summed E-state index contributed by atoms with van der Waals surface area (Å²) in [5, 5.41) is 26.5. The first-order valence-corrected chi connectivity index (χ1v) is 12.6. The topological polar surface area (TPSA) is 257 Å². The van der Waals surface area contributed by atoms with Gasteiger partial charge in [0.1, 0.15) is 23.9 Å². The second kappa shape index (κ2) is 15.6. The number of hydrogen-bond acceptors (Lipinski definition) is 8. The number of phenolic OH excluding ortho intramolecular Hbond substituents is 1. The van der Waals surface area contributed by atoms with Crippen LogP contribution >= 0.6 is 0 Å². The first-order valence-electron chi connectivity index (χ1n) is 12.6. The van der Waals surface area contributed by atoms with Gasteiger partial charge in [-0.2, -0.15) is 0 Å². The SMILES string of the molecule is NC(=O)CCC(NC(=O)C(Cc1ccc(O)cc1)NC(=O)C(N)CC(N)=O)C(=O)NC(Cc1ccccc1)C(=O)O. The van der Waals surface area contributed by atoms with E-state index in [4.69, 9.17) is 17.2 Å². The fourth-order valence-corrected chi connectivity index (χ4v) is 3.82. The summed E-state index contributed by atoms with van der Waals surface area (Å²) in [6.07, 6.45) is -1.22. The van der Waals surface area contributed by atoms with Crippen LogP contribution in [0.3, 0.4) is 0 Å². The Bertz CT molecular complexity index is 1240. The molecule has 14 nitrogen and oxygen atoms in total. The molecule has 14 heteroatoms. The van der Waals surface area contributed by atoms with E-state index in [9.17, 15) is 39.0 Å². The van der Waals surface area contributed by atoms with Gasteiger partial charge < -0.3 is 43.4 Å². The van der Waals surface area contributed by atoms with Crippen LogP contribution in [-0.4, -0.2) is 69.9 Å². The molecule has 11 N–H and O–H groups in total. The number of phenols is 1. The smallest absolute Gasteiger partial charge is 0.326 e. The van der Waals surface area contributed by atoms with Gasteiger partial charge in [0, 0.05) is 19.3 Å². The number of amides is 5. The monoisotopic (exact) mass is 570 g/mol. The van der Waals surface area contributed by atoms with E-state index < -0.39 is 66.1 Å². The minimum absolute atomic E-state index is 0.0334. The van der Waals surface area contributed by atoms with Crippen LogP contribution in [0.15, 0.2) is 54.6 Å². The van der Waals surface area contributed by atoms with Crippen LogP contribution in [0.4, 0.5) is 0 Å². The molecule has 0 heterocycles. The molecule has 0 spiro atoms. The minimum atomic E-state index is -1.40. The lowest BCUT2D eigenvalue weighted by Crippen LogP contribution is -2.58. The van der Waals surface area contributed by atoms with Crippen molar-refractivity contribution in [3.05, 3.63) is 65.7 Å². The number of carboxylic acids is 1. The average Bonchev–Trinajstić information content (AvgIpc) is 2.91. The molecule has 220 valence electrons. The molecule has 2 rings (SSSR count). The number of aromatic hydroxyl groups is 1. The molecule has 0 aromatic heterocycles. The Hall–Kier alpha value is -4.98. The van der Waals surface area contributed by atoms with Crippen LogP contribution in [0.5, 0.6) is 5.75 Å². The maximum Gasteiger partial charge on any atom is 0.326 e. The summed E-state index contributed by atoms with van der Waals surface area (Å²) in [5.74, 6) is -5.56. The third-order valence-electron chi connectivity index (χ3n) is 5.98. The number of rotatable bonds is 16. The zero-order chi connectivity index (χ0) is 30.5. The van der Waals surface area contributed by atoms with Crippen molar-refractivity contribution in [2.24, 2.45) is 17.2 Å². The van der Waals surface area contributed by atoms with Gasteiger partial charge in [-0.15, -0.1) is 0 Å². The van der Waals surface area contributed by atoms with E-state index in [0.717, 1.165) is 0 Å². The highest BCUT2D eigenvalue weighted by Crippen LogP contribution is 2.12. The molecule has 0 fully saturated rings. The van der Waals surface area contributed by atoms with Gasteiger partial charge in [-0.3, -0.25) is 24.0 Å². The van der Waals surface area contributed by atoms with Crippen LogP contribution in [0, 0.1) is 0 Å². The first-order chi connectivity index (χ1) is 19.3. The van der Waals surface area contributed by atoms with E-state index in [-0.39, 0.29) is 31.4 Å². The third-order valence-corrected chi connectivity index (χ3v) is 5.98. The zero-order valence-corrected chi connectivity index (χ0v) is 22.1. The van der Waals surface area contributed by atoms with Gasteiger partial charge in [0.15, 0.2) is 0 Å². The van der Waals surface area contributed by atoms with E-state index in [2.05, 4.69) is 16.0 Å². The fraction of sp³-hybridized carbons (Fsp3) is 0.333. The number of primary amides is 2. The molecule has 41 heavy (non-hydrogen) atoms. The van der Waals surface area contributed by atoms with Crippen LogP contribution < -0.4 is 33.2 Å². The Labute approximate surface area is 235 Å². The van der Waals surface area contributed by atoms with Crippen molar-refractivity contribution in [2.45, 2.75) is 56.3 Å². The lowest BCUT2D eigenvalue weighted by Gasteiger charge is -2.25. The number of aliphatic carboxylic acids is 1. The van der Waals surface area contributed by atoms with E-state index in [0.29, 0.717) is 11.1 Å². The summed E-state index contributed by atoms with van der Waals surface area (Å²) < 4.78 is 0. The Morgan fingerprint density at radius 3 is 1.76 bits per heavy atom. The lowest BCUT2D eigenvalue weighted by molar-refractivity contribution is -0.142. The number of carbonyl (C=O) groups excluding carboxylic acids is 5. The van der Waals surface area contributed by atoms with Crippen LogP contribution in [0.25, 0.3) is 0 Å². The van der Waals surface area contributed by atoms with Crippen molar-refractivity contribution in [3.63, 3.8) is 0 Å². The summed E-state index contributed by atoms with van der Waals surface area (Å²) in [4.78, 5) is 73.6. The molecular weight excluding hydrogens is 536 g/mol. The Balaban J connectivity index is 2.26. The Morgan fingerprint density at radius 2 is 1.20 bits per heavy atom. The first kappa shape index (κ1) is 32.2. The van der Waals surface area contributed by atoms with E-state index in [1.807, 2.05) is 0 Å². The quantitative estimate of drug-likeness (QED) is 0.113. The number of nitrogens with one attached hydrogen (secondary N) is 3. The number of hydrogen-bond donors (Lipinski definition) is 8. The number of carbonyl (C=O) groups is 6. The maximum absolute atomic E-state index is 13.3. The van der Waals surface area contributed by atoms with Crippen LogP contribution in [0.1, 0.15) is 30.4 Å². The van der Waals surface area contributed by atoms with Gasteiger partial charge >= 0.3 is 5.97 Å². The Kier molecular flexibility index (Phi) is 12.2. The molecule has 0 radical (unpaired) electrons. The highest BCUT2D eigenvalue weighted by atomic mass is 16.4. The fourth-order valence-electron chi connectivity index (χ4n) is 3.82. The lowest BCUT2D eigenvalue weighted by atomic mass is 10.0. The summed E-state index contributed by atoms with van der Waals surface area (Å²) >= 11 is 0. The normalized spacial score (nSPS) is 13.6.